The van der Waals surface area contributed by atoms with Crippen LogP contribution in [-0.4, -0.2) is 18.0 Å². The Balaban J connectivity index is 2.31. The molecule has 1 amide bonds. The second-order valence-corrected chi connectivity index (χ2v) is 4.15. The Morgan fingerprint density at radius 3 is 2.84 bits per heavy atom. The van der Waals surface area contributed by atoms with E-state index in [9.17, 15) is 9.59 Å². The highest BCUT2D eigenvalue weighted by Gasteiger charge is 2.13. The number of amides is 1. The molecule has 1 aromatic carbocycles. The summed E-state index contributed by atoms with van der Waals surface area (Å²) < 4.78 is 5.11. The number of ether oxygens (including phenoxy) is 1. The van der Waals surface area contributed by atoms with Gasteiger partial charge in [0.25, 0.3) is 11.5 Å². The number of carbonyl (C=O) groups excluding carboxylic acids is 1. The second kappa shape index (κ2) is 5.58. The van der Waals surface area contributed by atoms with Crippen LogP contribution in [0, 0.1) is 0 Å². The first-order valence-corrected chi connectivity index (χ1v) is 5.82. The molecule has 0 spiro atoms. The van der Waals surface area contributed by atoms with Crippen LogP contribution in [0.2, 0.25) is 5.02 Å². The Labute approximate surface area is 114 Å². The standard InChI is InChI=1S/C13H11ClN2O3/c1-19-11-5-3-2-4-10(11)16-13(18)9-6-8(14)7-15-12(9)17/h2-7H,1H3,(H,15,17)(H,16,18). The lowest BCUT2D eigenvalue weighted by Crippen LogP contribution is -2.22. The number of hydrogen-bond donors (Lipinski definition) is 2. The first-order chi connectivity index (χ1) is 9.11. The number of rotatable bonds is 3. The van der Waals surface area contributed by atoms with Crippen LogP contribution in [0.15, 0.2) is 41.3 Å². The van der Waals surface area contributed by atoms with E-state index in [2.05, 4.69) is 10.3 Å². The van der Waals surface area contributed by atoms with Gasteiger partial charge in [0.2, 0.25) is 0 Å². The number of methoxy groups -OCH3 is 1. The van der Waals surface area contributed by atoms with Gasteiger partial charge in [0.1, 0.15) is 11.3 Å². The zero-order chi connectivity index (χ0) is 13.8. The molecule has 6 heteroatoms. The lowest BCUT2D eigenvalue weighted by molar-refractivity contribution is 0.102. The van der Waals surface area contributed by atoms with E-state index in [4.69, 9.17) is 16.3 Å². The predicted octanol–water partition coefficient (Wildman–Crippen LogP) is 2.29. The van der Waals surface area contributed by atoms with E-state index in [0.29, 0.717) is 11.4 Å². The minimum absolute atomic E-state index is 0.0570. The molecular weight excluding hydrogens is 268 g/mol. The van der Waals surface area contributed by atoms with Gasteiger partial charge >= 0.3 is 0 Å². The molecule has 0 aliphatic rings. The van der Waals surface area contributed by atoms with E-state index in [1.165, 1.54) is 19.4 Å². The molecule has 1 heterocycles. The Kier molecular flexibility index (Phi) is 3.87. The van der Waals surface area contributed by atoms with Gasteiger partial charge in [0.15, 0.2) is 0 Å². The zero-order valence-electron chi connectivity index (χ0n) is 10.1. The summed E-state index contributed by atoms with van der Waals surface area (Å²) in [5.41, 5.74) is -0.0791. The van der Waals surface area contributed by atoms with Crippen LogP contribution in [0.4, 0.5) is 5.69 Å². The fourth-order valence-electron chi connectivity index (χ4n) is 1.56. The molecule has 0 radical (unpaired) electrons. The molecule has 0 fully saturated rings. The van der Waals surface area contributed by atoms with E-state index in [1.807, 2.05) is 0 Å². The van der Waals surface area contributed by atoms with Crippen LogP contribution in [0.5, 0.6) is 5.75 Å². The summed E-state index contributed by atoms with van der Waals surface area (Å²) in [6.07, 6.45) is 1.32. The summed E-state index contributed by atoms with van der Waals surface area (Å²) in [5, 5.41) is 2.89. The van der Waals surface area contributed by atoms with Crippen molar-refractivity contribution in [2.24, 2.45) is 0 Å². The number of anilines is 1. The first-order valence-electron chi connectivity index (χ1n) is 5.44. The molecule has 19 heavy (non-hydrogen) atoms. The highest BCUT2D eigenvalue weighted by molar-refractivity contribution is 6.30. The molecule has 2 aromatic rings. The van der Waals surface area contributed by atoms with Crippen molar-refractivity contribution in [3.8, 4) is 5.75 Å². The number of nitrogens with one attached hydrogen (secondary N) is 2. The molecule has 5 nitrogen and oxygen atoms in total. The molecular formula is C13H11ClN2O3. The van der Waals surface area contributed by atoms with E-state index in [1.54, 1.807) is 24.3 Å². The van der Waals surface area contributed by atoms with Crippen LogP contribution in [-0.2, 0) is 0 Å². The number of halogens is 1. The summed E-state index contributed by atoms with van der Waals surface area (Å²) in [7, 11) is 1.50. The zero-order valence-corrected chi connectivity index (χ0v) is 10.8. The Hall–Kier alpha value is -2.27. The van der Waals surface area contributed by atoms with Crippen LogP contribution in [0.3, 0.4) is 0 Å². The van der Waals surface area contributed by atoms with Crippen molar-refractivity contribution < 1.29 is 9.53 Å². The number of aromatic amines is 1. The smallest absolute Gasteiger partial charge is 0.261 e. The van der Waals surface area contributed by atoms with Crippen molar-refractivity contribution in [1.29, 1.82) is 0 Å². The van der Waals surface area contributed by atoms with Gasteiger partial charge in [-0.25, -0.2) is 0 Å². The van der Waals surface area contributed by atoms with Crippen LogP contribution in [0.1, 0.15) is 10.4 Å². The summed E-state index contributed by atoms with van der Waals surface area (Å²) in [5.74, 6) is -0.0393. The SMILES string of the molecule is COc1ccccc1NC(=O)c1cc(Cl)c[nH]c1=O. The van der Waals surface area contributed by atoms with Crippen molar-refractivity contribution in [2.45, 2.75) is 0 Å². The van der Waals surface area contributed by atoms with Crippen molar-refractivity contribution in [2.75, 3.05) is 12.4 Å². The number of pyridine rings is 1. The third kappa shape index (κ3) is 2.95. The van der Waals surface area contributed by atoms with Gasteiger partial charge in [-0.2, -0.15) is 0 Å². The molecule has 2 rings (SSSR count). The molecule has 0 unspecified atom stereocenters. The predicted molar refractivity (Wildman–Crippen MR) is 73.0 cm³/mol. The number of carbonyl (C=O) groups is 1. The molecule has 0 bridgehead atoms. The third-order valence-corrected chi connectivity index (χ3v) is 2.69. The van der Waals surface area contributed by atoms with Crippen LogP contribution in [0.25, 0.3) is 0 Å². The Morgan fingerprint density at radius 2 is 2.11 bits per heavy atom. The third-order valence-electron chi connectivity index (χ3n) is 2.47. The van der Waals surface area contributed by atoms with Crippen LogP contribution < -0.4 is 15.6 Å². The highest BCUT2D eigenvalue weighted by atomic mass is 35.5. The largest absolute Gasteiger partial charge is 0.495 e. The average molecular weight is 279 g/mol. The van der Waals surface area contributed by atoms with E-state index in [-0.39, 0.29) is 10.6 Å². The maximum Gasteiger partial charge on any atom is 0.261 e. The number of hydrogen-bond acceptors (Lipinski definition) is 3. The monoisotopic (exact) mass is 278 g/mol. The van der Waals surface area contributed by atoms with Crippen molar-refractivity contribution in [1.82, 2.24) is 4.98 Å². The highest BCUT2D eigenvalue weighted by Crippen LogP contribution is 2.23. The fraction of sp³-hybridized carbons (Fsp3) is 0.0769. The van der Waals surface area contributed by atoms with Gasteiger partial charge in [-0.15, -0.1) is 0 Å². The van der Waals surface area contributed by atoms with E-state index < -0.39 is 11.5 Å². The Bertz CT molecular complexity index is 667. The number of benzene rings is 1. The summed E-state index contributed by atoms with van der Waals surface area (Å²) >= 11 is 5.75. The summed E-state index contributed by atoms with van der Waals surface area (Å²) in [6.45, 7) is 0. The molecule has 0 aliphatic heterocycles. The molecule has 0 aliphatic carbocycles. The normalized spacial score (nSPS) is 10.0. The number of para-hydroxylation sites is 2. The molecule has 98 valence electrons. The van der Waals surface area contributed by atoms with Gasteiger partial charge in [-0.05, 0) is 18.2 Å². The van der Waals surface area contributed by atoms with Crippen molar-refractivity contribution >= 4 is 23.2 Å². The van der Waals surface area contributed by atoms with Gasteiger partial charge in [-0.3, -0.25) is 9.59 Å². The number of H-pyrrole nitrogens is 1. The minimum Gasteiger partial charge on any atom is -0.495 e. The average Bonchev–Trinajstić information content (AvgIpc) is 2.42. The maximum absolute atomic E-state index is 12.0. The molecule has 0 saturated carbocycles. The lowest BCUT2D eigenvalue weighted by Gasteiger charge is -2.09. The minimum atomic E-state index is -0.548. The summed E-state index contributed by atoms with van der Waals surface area (Å²) in [6, 6.07) is 8.22. The topological polar surface area (TPSA) is 71.2 Å². The summed E-state index contributed by atoms with van der Waals surface area (Å²) in [4.78, 5) is 25.9. The van der Waals surface area contributed by atoms with Crippen LogP contribution >= 0.6 is 11.6 Å². The fourth-order valence-corrected chi connectivity index (χ4v) is 1.73. The second-order valence-electron chi connectivity index (χ2n) is 3.72. The van der Waals surface area contributed by atoms with Gasteiger partial charge < -0.3 is 15.0 Å². The van der Waals surface area contributed by atoms with E-state index >= 15 is 0 Å². The van der Waals surface area contributed by atoms with Crippen molar-refractivity contribution in [3.05, 3.63) is 57.5 Å². The quantitative estimate of drug-likeness (QED) is 0.905. The molecule has 2 N–H and O–H groups in total. The Morgan fingerprint density at radius 1 is 1.37 bits per heavy atom. The molecule has 0 saturated heterocycles. The number of aromatic nitrogens is 1. The first kappa shape index (κ1) is 13.2. The van der Waals surface area contributed by atoms with Gasteiger partial charge in [-0.1, -0.05) is 23.7 Å². The van der Waals surface area contributed by atoms with Crippen molar-refractivity contribution in [3.63, 3.8) is 0 Å². The maximum atomic E-state index is 12.0. The van der Waals surface area contributed by atoms with Gasteiger partial charge in [0.05, 0.1) is 17.8 Å². The lowest BCUT2D eigenvalue weighted by atomic mass is 10.2. The van der Waals surface area contributed by atoms with E-state index in [0.717, 1.165) is 0 Å². The molecule has 0 atom stereocenters. The molecule has 1 aromatic heterocycles. The van der Waals surface area contributed by atoms with Gasteiger partial charge in [0, 0.05) is 6.20 Å².